The number of carbonyl (C=O) groups is 2. The maximum absolute atomic E-state index is 12.0. The first-order chi connectivity index (χ1) is 9.87. The van der Waals surface area contributed by atoms with E-state index in [0.717, 1.165) is 27.9 Å². The molecule has 0 aliphatic carbocycles. The third kappa shape index (κ3) is 2.55. The monoisotopic (exact) mass is 303 g/mol. The van der Waals surface area contributed by atoms with Gasteiger partial charge >= 0.3 is 0 Å². The molecule has 3 rings (SSSR count). The molecule has 0 saturated carbocycles. The van der Waals surface area contributed by atoms with Crippen LogP contribution in [-0.4, -0.2) is 40.2 Å². The van der Waals surface area contributed by atoms with Gasteiger partial charge in [-0.15, -0.1) is 0 Å². The van der Waals surface area contributed by atoms with Gasteiger partial charge < -0.3 is 5.32 Å². The van der Waals surface area contributed by atoms with E-state index in [1.165, 1.54) is 7.05 Å². The topological polar surface area (TPSA) is 61.8 Å². The van der Waals surface area contributed by atoms with Crippen molar-refractivity contribution in [1.82, 2.24) is 4.90 Å². The van der Waals surface area contributed by atoms with Gasteiger partial charge in [0, 0.05) is 18.5 Å². The number of nitrogens with one attached hydrogen (secondary N) is 1. The zero-order valence-corrected chi connectivity index (χ0v) is 13.1. The molecular weight excluding hydrogens is 286 g/mol. The second-order valence-corrected chi connectivity index (χ2v) is 6.97. The van der Waals surface area contributed by atoms with Crippen molar-refractivity contribution in [3.63, 3.8) is 0 Å². The van der Waals surface area contributed by atoms with Crippen molar-refractivity contribution in [2.45, 2.75) is 25.8 Å². The zero-order chi connectivity index (χ0) is 15.2. The highest BCUT2D eigenvalue weighted by Gasteiger charge is 2.32. The average molecular weight is 303 g/mol. The highest BCUT2D eigenvalue weighted by molar-refractivity contribution is 8.14. The number of aliphatic imine (C=N–C) groups is 1. The van der Waals surface area contributed by atoms with Crippen LogP contribution >= 0.6 is 11.8 Å². The Kier molecular flexibility index (Phi) is 3.28. The molecule has 1 aromatic carbocycles. The van der Waals surface area contributed by atoms with Gasteiger partial charge in [-0.2, -0.15) is 0 Å². The van der Waals surface area contributed by atoms with Crippen LogP contribution in [0.5, 0.6) is 0 Å². The van der Waals surface area contributed by atoms with Crippen molar-refractivity contribution in [2.24, 2.45) is 4.99 Å². The highest BCUT2D eigenvalue weighted by atomic mass is 32.2. The lowest BCUT2D eigenvalue weighted by molar-refractivity contribution is 0.0693. The molecule has 5 nitrogen and oxygen atoms in total. The molecule has 2 heterocycles. The average Bonchev–Trinajstić information content (AvgIpc) is 2.63. The van der Waals surface area contributed by atoms with Gasteiger partial charge in [-0.1, -0.05) is 11.8 Å². The minimum Gasteiger partial charge on any atom is -0.335 e. The molecule has 2 aliphatic rings. The molecule has 0 aromatic heterocycles. The summed E-state index contributed by atoms with van der Waals surface area (Å²) in [7, 11) is 1.50. The maximum atomic E-state index is 12.0. The van der Waals surface area contributed by atoms with Crippen molar-refractivity contribution in [1.29, 1.82) is 0 Å². The van der Waals surface area contributed by atoms with Crippen molar-refractivity contribution in [3.05, 3.63) is 29.3 Å². The SMILES string of the molecule is CN1C(=O)c2ccc(NC3=NC(C)(C)CCS3)cc2C1=O. The number of anilines is 1. The Labute approximate surface area is 127 Å². The van der Waals surface area contributed by atoms with E-state index in [1.807, 2.05) is 6.07 Å². The number of carbonyl (C=O) groups excluding carboxylic acids is 2. The Morgan fingerprint density at radius 3 is 2.67 bits per heavy atom. The molecule has 0 atom stereocenters. The molecule has 0 saturated heterocycles. The normalized spacial score (nSPS) is 20.3. The first kappa shape index (κ1) is 14.1. The van der Waals surface area contributed by atoms with Crippen molar-refractivity contribution in [3.8, 4) is 0 Å². The minimum atomic E-state index is -0.253. The fourth-order valence-electron chi connectivity index (χ4n) is 2.39. The van der Waals surface area contributed by atoms with Crippen LogP contribution in [-0.2, 0) is 0 Å². The Morgan fingerprint density at radius 1 is 1.24 bits per heavy atom. The summed E-state index contributed by atoms with van der Waals surface area (Å²) in [6.45, 7) is 4.21. The summed E-state index contributed by atoms with van der Waals surface area (Å²) in [5.41, 5.74) is 1.64. The number of imide groups is 1. The number of hydrogen-bond acceptors (Lipinski definition) is 5. The third-order valence-electron chi connectivity index (χ3n) is 3.70. The molecule has 0 fully saturated rings. The summed E-state index contributed by atoms with van der Waals surface area (Å²) in [5, 5.41) is 4.11. The van der Waals surface area contributed by atoms with Crippen LogP contribution in [0, 0.1) is 0 Å². The van der Waals surface area contributed by atoms with E-state index in [9.17, 15) is 9.59 Å². The lowest BCUT2D eigenvalue weighted by atomic mass is 10.0. The van der Waals surface area contributed by atoms with Gasteiger partial charge in [0.2, 0.25) is 0 Å². The summed E-state index contributed by atoms with van der Waals surface area (Å²) in [6.07, 6.45) is 1.05. The predicted molar refractivity (Wildman–Crippen MR) is 85.1 cm³/mol. The van der Waals surface area contributed by atoms with Gasteiger partial charge in [0.1, 0.15) is 0 Å². The maximum Gasteiger partial charge on any atom is 0.261 e. The van der Waals surface area contributed by atoms with Gasteiger partial charge in [0.25, 0.3) is 11.8 Å². The number of amidine groups is 1. The van der Waals surface area contributed by atoms with Crippen LogP contribution in [0.3, 0.4) is 0 Å². The second-order valence-electron chi connectivity index (χ2n) is 5.88. The quantitative estimate of drug-likeness (QED) is 0.810. The van der Waals surface area contributed by atoms with E-state index in [4.69, 9.17) is 0 Å². The predicted octanol–water partition coefficient (Wildman–Crippen LogP) is 2.60. The second kappa shape index (κ2) is 4.87. The number of thioether (sulfide) groups is 1. The van der Waals surface area contributed by atoms with Gasteiger partial charge in [0.15, 0.2) is 5.17 Å². The first-order valence-electron chi connectivity index (χ1n) is 6.83. The number of nitrogens with zero attached hydrogens (tertiary/aromatic N) is 2. The molecule has 1 N–H and O–H groups in total. The summed E-state index contributed by atoms with van der Waals surface area (Å²) < 4.78 is 0. The van der Waals surface area contributed by atoms with E-state index in [0.29, 0.717) is 11.1 Å². The lowest BCUT2D eigenvalue weighted by Gasteiger charge is -2.26. The minimum absolute atomic E-state index is 0.0592. The number of fused-ring (bicyclic) bond motifs is 1. The molecular formula is C15H17N3O2S. The van der Waals surface area contributed by atoms with E-state index in [1.54, 1.807) is 23.9 Å². The molecule has 0 bridgehead atoms. The summed E-state index contributed by atoms with van der Waals surface area (Å²) in [5.74, 6) is 0.522. The van der Waals surface area contributed by atoms with Gasteiger partial charge in [-0.3, -0.25) is 19.5 Å². The lowest BCUT2D eigenvalue weighted by Crippen LogP contribution is -2.27. The number of amides is 2. The van der Waals surface area contributed by atoms with Crippen LogP contribution in [0.2, 0.25) is 0 Å². The van der Waals surface area contributed by atoms with Crippen molar-refractivity contribution in [2.75, 3.05) is 18.1 Å². The molecule has 6 heteroatoms. The van der Waals surface area contributed by atoms with Crippen LogP contribution in [0.25, 0.3) is 0 Å². The summed E-state index contributed by atoms with van der Waals surface area (Å²) >= 11 is 1.67. The molecule has 2 amide bonds. The number of rotatable bonds is 1. The molecule has 0 unspecified atom stereocenters. The standard InChI is InChI=1S/C15H17N3O2S/c1-15(2)6-7-21-14(17-15)16-9-4-5-10-11(8-9)13(20)18(3)12(10)19/h4-5,8H,6-7H2,1-3H3,(H,16,17). The Bertz CT molecular complexity index is 667. The molecule has 0 spiro atoms. The van der Waals surface area contributed by atoms with E-state index >= 15 is 0 Å². The van der Waals surface area contributed by atoms with Crippen LogP contribution in [0.4, 0.5) is 5.69 Å². The van der Waals surface area contributed by atoms with Crippen LogP contribution in [0.1, 0.15) is 41.0 Å². The largest absolute Gasteiger partial charge is 0.335 e. The Morgan fingerprint density at radius 2 is 1.95 bits per heavy atom. The summed E-state index contributed by atoms with van der Waals surface area (Å²) in [4.78, 5) is 29.6. The number of benzene rings is 1. The molecule has 1 aromatic rings. The molecule has 0 radical (unpaired) electrons. The Hall–Kier alpha value is -1.82. The smallest absolute Gasteiger partial charge is 0.261 e. The van der Waals surface area contributed by atoms with Gasteiger partial charge in [-0.25, -0.2) is 0 Å². The van der Waals surface area contributed by atoms with Crippen LogP contribution in [0.15, 0.2) is 23.2 Å². The fourth-order valence-corrected chi connectivity index (χ4v) is 3.68. The van der Waals surface area contributed by atoms with Gasteiger partial charge in [-0.05, 0) is 38.5 Å². The fraction of sp³-hybridized carbons (Fsp3) is 0.400. The van der Waals surface area contributed by atoms with Crippen LogP contribution < -0.4 is 5.32 Å². The number of hydrogen-bond donors (Lipinski definition) is 1. The molecule has 110 valence electrons. The van der Waals surface area contributed by atoms with E-state index in [2.05, 4.69) is 24.2 Å². The van der Waals surface area contributed by atoms with Gasteiger partial charge in [0.05, 0.1) is 16.7 Å². The molecule has 2 aliphatic heterocycles. The Balaban J connectivity index is 1.88. The van der Waals surface area contributed by atoms with E-state index < -0.39 is 0 Å². The molecule has 21 heavy (non-hydrogen) atoms. The van der Waals surface area contributed by atoms with Crippen molar-refractivity contribution < 1.29 is 9.59 Å². The van der Waals surface area contributed by atoms with Crippen molar-refractivity contribution >= 4 is 34.4 Å². The third-order valence-corrected chi connectivity index (χ3v) is 4.57. The van der Waals surface area contributed by atoms with E-state index in [-0.39, 0.29) is 17.4 Å². The summed E-state index contributed by atoms with van der Waals surface area (Å²) in [6, 6.07) is 5.23. The zero-order valence-electron chi connectivity index (χ0n) is 12.3. The first-order valence-corrected chi connectivity index (χ1v) is 7.82. The highest BCUT2D eigenvalue weighted by Crippen LogP contribution is 2.29.